The molecule has 0 bridgehead atoms. The van der Waals surface area contributed by atoms with Gasteiger partial charge in [-0.15, -0.1) is 0 Å². The number of halogens is 1. The summed E-state index contributed by atoms with van der Waals surface area (Å²) in [5.41, 5.74) is 3.08. The lowest BCUT2D eigenvalue weighted by atomic mass is 9.96. The van der Waals surface area contributed by atoms with Gasteiger partial charge in [-0.05, 0) is 55.7 Å². The standard InChI is InChI=1S/C21H20ClN3O2/c1-14-6-7-15-4-2-3-5-18(15)25(14)20(26)13-12-19-23-21(24-27-19)16-8-10-17(22)11-9-16/h2-5,8-11,14H,6-7,12-13H2,1H3. The van der Waals surface area contributed by atoms with Gasteiger partial charge in [-0.25, -0.2) is 0 Å². The summed E-state index contributed by atoms with van der Waals surface area (Å²) in [6.45, 7) is 2.10. The molecule has 6 heteroatoms. The molecule has 0 N–H and O–H groups in total. The molecule has 0 radical (unpaired) electrons. The van der Waals surface area contributed by atoms with Crippen LogP contribution in [0.5, 0.6) is 0 Å². The largest absolute Gasteiger partial charge is 0.339 e. The third-order valence-electron chi connectivity index (χ3n) is 4.92. The number of aromatic nitrogens is 2. The van der Waals surface area contributed by atoms with Crippen molar-refractivity contribution in [3.63, 3.8) is 0 Å². The molecule has 27 heavy (non-hydrogen) atoms. The number of fused-ring (bicyclic) bond motifs is 1. The molecule has 1 unspecified atom stereocenters. The summed E-state index contributed by atoms with van der Waals surface area (Å²) in [6.07, 6.45) is 2.74. The maximum atomic E-state index is 12.9. The molecule has 2 aromatic carbocycles. The monoisotopic (exact) mass is 381 g/mol. The van der Waals surface area contributed by atoms with Gasteiger partial charge < -0.3 is 9.42 Å². The van der Waals surface area contributed by atoms with Crippen LogP contribution in [-0.4, -0.2) is 22.1 Å². The molecule has 4 rings (SSSR count). The van der Waals surface area contributed by atoms with Crippen LogP contribution in [0.15, 0.2) is 53.1 Å². The molecule has 0 fully saturated rings. The Morgan fingerprint density at radius 1 is 1.22 bits per heavy atom. The first-order valence-electron chi connectivity index (χ1n) is 9.10. The van der Waals surface area contributed by atoms with Crippen LogP contribution in [0.4, 0.5) is 5.69 Å². The van der Waals surface area contributed by atoms with Crippen molar-refractivity contribution in [2.24, 2.45) is 0 Å². The third-order valence-corrected chi connectivity index (χ3v) is 5.17. The number of carbonyl (C=O) groups is 1. The number of amides is 1. The maximum absolute atomic E-state index is 12.9. The summed E-state index contributed by atoms with van der Waals surface area (Å²) in [5.74, 6) is 1.05. The van der Waals surface area contributed by atoms with Crippen molar-refractivity contribution in [2.45, 2.75) is 38.6 Å². The second-order valence-corrected chi connectivity index (χ2v) is 7.24. The van der Waals surface area contributed by atoms with Crippen LogP contribution in [0.3, 0.4) is 0 Å². The molecular formula is C21H20ClN3O2. The van der Waals surface area contributed by atoms with Crippen molar-refractivity contribution in [3.05, 3.63) is 65.0 Å². The highest BCUT2D eigenvalue weighted by molar-refractivity contribution is 6.30. The fourth-order valence-corrected chi connectivity index (χ4v) is 3.60. The van der Waals surface area contributed by atoms with Gasteiger partial charge in [0, 0.05) is 35.2 Å². The molecule has 1 aliphatic rings. The first kappa shape index (κ1) is 17.7. The normalized spacial score (nSPS) is 16.2. The summed E-state index contributed by atoms with van der Waals surface area (Å²) in [5, 5.41) is 4.66. The number of rotatable bonds is 4. The van der Waals surface area contributed by atoms with Crippen molar-refractivity contribution in [1.29, 1.82) is 0 Å². The lowest BCUT2D eigenvalue weighted by Crippen LogP contribution is -2.42. The SMILES string of the molecule is CC1CCc2ccccc2N1C(=O)CCc1nc(-c2ccc(Cl)cc2)no1. The van der Waals surface area contributed by atoms with Gasteiger partial charge in [0.05, 0.1) is 0 Å². The fraction of sp³-hybridized carbons (Fsp3) is 0.286. The number of anilines is 1. The Hall–Kier alpha value is -2.66. The van der Waals surface area contributed by atoms with E-state index in [0.717, 1.165) is 24.1 Å². The molecule has 0 saturated carbocycles. The number of benzene rings is 2. The van der Waals surface area contributed by atoms with Crippen LogP contribution in [0.25, 0.3) is 11.4 Å². The Balaban J connectivity index is 1.45. The summed E-state index contributed by atoms with van der Waals surface area (Å²) < 4.78 is 5.32. The Labute approximate surface area is 163 Å². The van der Waals surface area contributed by atoms with Gasteiger partial charge in [-0.2, -0.15) is 4.98 Å². The average molecular weight is 382 g/mol. The molecule has 2 heterocycles. The molecule has 5 nitrogen and oxygen atoms in total. The molecule has 1 atom stereocenters. The number of nitrogens with zero attached hydrogens (tertiary/aromatic N) is 3. The molecule has 1 aliphatic heterocycles. The lowest BCUT2D eigenvalue weighted by Gasteiger charge is -2.35. The Morgan fingerprint density at radius 3 is 2.81 bits per heavy atom. The van der Waals surface area contributed by atoms with Crippen LogP contribution in [0.2, 0.25) is 5.02 Å². The molecule has 1 amide bonds. The van der Waals surface area contributed by atoms with E-state index in [2.05, 4.69) is 23.1 Å². The van der Waals surface area contributed by atoms with Crippen molar-refractivity contribution in [3.8, 4) is 11.4 Å². The van der Waals surface area contributed by atoms with Gasteiger partial charge in [0.15, 0.2) is 0 Å². The van der Waals surface area contributed by atoms with Crippen LogP contribution in [0, 0.1) is 0 Å². The van der Waals surface area contributed by atoms with Crippen molar-refractivity contribution < 1.29 is 9.32 Å². The highest BCUT2D eigenvalue weighted by Crippen LogP contribution is 2.31. The highest BCUT2D eigenvalue weighted by Gasteiger charge is 2.27. The van der Waals surface area contributed by atoms with Gasteiger partial charge in [0.1, 0.15) is 0 Å². The highest BCUT2D eigenvalue weighted by atomic mass is 35.5. The Morgan fingerprint density at radius 2 is 2.00 bits per heavy atom. The van der Waals surface area contributed by atoms with E-state index < -0.39 is 0 Å². The number of hydrogen-bond donors (Lipinski definition) is 0. The van der Waals surface area contributed by atoms with E-state index in [1.807, 2.05) is 35.2 Å². The van der Waals surface area contributed by atoms with E-state index in [-0.39, 0.29) is 11.9 Å². The number of hydrogen-bond acceptors (Lipinski definition) is 4. The van der Waals surface area contributed by atoms with E-state index in [9.17, 15) is 4.79 Å². The van der Waals surface area contributed by atoms with Gasteiger partial charge >= 0.3 is 0 Å². The summed E-state index contributed by atoms with van der Waals surface area (Å²) >= 11 is 5.90. The molecule has 138 valence electrons. The smallest absolute Gasteiger partial charge is 0.227 e. The molecule has 0 saturated heterocycles. The Bertz CT molecular complexity index is 952. The van der Waals surface area contributed by atoms with E-state index in [1.54, 1.807) is 12.1 Å². The second-order valence-electron chi connectivity index (χ2n) is 6.80. The van der Waals surface area contributed by atoms with Gasteiger partial charge in [0.25, 0.3) is 0 Å². The molecular weight excluding hydrogens is 362 g/mol. The first-order chi connectivity index (χ1) is 13.1. The van der Waals surface area contributed by atoms with Crippen molar-refractivity contribution >= 4 is 23.2 Å². The van der Waals surface area contributed by atoms with Gasteiger partial charge in [-0.3, -0.25) is 4.79 Å². The van der Waals surface area contributed by atoms with Crippen molar-refractivity contribution in [2.75, 3.05) is 4.90 Å². The van der Waals surface area contributed by atoms with Crippen molar-refractivity contribution in [1.82, 2.24) is 10.1 Å². The number of para-hydroxylation sites is 1. The van der Waals surface area contributed by atoms with Crippen LogP contribution >= 0.6 is 11.6 Å². The van der Waals surface area contributed by atoms with E-state index in [0.29, 0.717) is 29.6 Å². The summed E-state index contributed by atoms with van der Waals surface area (Å²) in [4.78, 5) is 19.2. The zero-order valence-electron chi connectivity index (χ0n) is 15.1. The predicted octanol–water partition coefficient (Wildman–Crippen LogP) is 4.69. The van der Waals surface area contributed by atoms with E-state index in [4.69, 9.17) is 16.1 Å². The second kappa shape index (κ2) is 7.53. The van der Waals surface area contributed by atoms with Gasteiger partial charge in [-0.1, -0.05) is 35.0 Å². The van der Waals surface area contributed by atoms with Crippen LogP contribution < -0.4 is 4.90 Å². The topological polar surface area (TPSA) is 59.2 Å². The van der Waals surface area contributed by atoms with Gasteiger partial charge in [0.2, 0.25) is 17.6 Å². The minimum absolute atomic E-state index is 0.0842. The van der Waals surface area contributed by atoms with E-state index >= 15 is 0 Å². The fourth-order valence-electron chi connectivity index (χ4n) is 3.48. The summed E-state index contributed by atoms with van der Waals surface area (Å²) in [7, 11) is 0. The predicted molar refractivity (Wildman–Crippen MR) is 105 cm³/mol. The Kier molecular flexibility index (Phi) is 4.94. The number of aryl methyl sites for hydroxylation is 2. The molecule has 1 aromatic heterocycles. The summed E-state index contributed by atoms with van der Waals surface area (Å²) in [6, 6.07) is 15.6. The molecule has 0 spiro atoms. The molecule has 3 aromatic rings. The quantitative estimate of drug-likeness (QED) is 0.657. The minimum Gasteiger partial charge on any atom is -0.339 e. The molecule has 0 aliphatic carbocycles. The van der Waals surface area contributed by atoms with Crippen LogP contribution in [0.1, 0.15) is 31.2 Å². The third kappa shape index (κ3) is 3.74. The number of carbonyl (C=O) groups excluding carboxylic acids is 1. The maximum Gasteiger partial charge on any atom is 0.227 e. The van der Waals surface area contributed by atoms with E-state index in [1.165, 1.54) is 5.56 Å². The zero-order chi connectivity index (χ0) is 18.8. The zero-order valence-corrected chi connectivity index (χ0v) is 15.8. The first-order valence-corrected chi connectivity index (χ1v) is 9.48. The van der Waals surface area contributed by atoms with Crippen LogP contribution in [-0.2, 0) is 17.6 Å². The lowest BCUT2D eigenvalue weighted by molar-refractivity contribution is -0.119. The average Bonchev–Trinajstić information content (AvgIpc) is 3.15. The minimum atomic E-state index is 0.0842.